The lowest BCUT2D eigenvalue weighted by Gasteiger charge is -2.07. The molecule has 3 aromatic heterocycles. The first kappa shape index (κ1) is 16.5. The predicted octanol–water partition coefficient (Wildman–Crippen LogP) is 2.76. The van der Waals surface area contributed by atoms with Crippen LogP contribution in [0.15, 0.2) is 47.5 Å². The summed E-state index contributed by atoms with van der Waals surface area (Å²) in [5.41, 5.74) is 2.34. The van der Waals surface area contributed by atoms with E-state index in [1.165, 1.54) is 12.3 Å². The number of fused-ring (bicyclic) bond motifs is 3. The third-order valence-electron chi connectivity index (χ3n) is 4.15. The van der Waals surface area contributed by atoms with E-state index in [-0.39, 0.29) is 11.3 Å². The molecule has 0 unspecified atom stereocenters. The highest BCUT2D eigenvalue weighted by Gasteiger charge is 2.16. The van der Waals surface area contributed by atoms with Crippen molar-refractivity contribution < 1.29 is 12.8 Å². The second kappa shape index (κ2) is 5.77. The standard InChI is InChI=1S/C18H14FN3O3S/c1-26(24,25)9-10-2-4-11(5-3-10)16-13(19)7-21-18-17(16)12-6-15(23)20-8-14(12)22-18/h2-8H,9H2,1H3,(H,20,23)(H,21,22). The fraction of sp³-hybridized carbons (Fsp3) is 0.111. The second-order valence-electron chi connectivity index (χ2n) is 6.22. The predicted molar refractivity (Wildman–Crippen MR) is 98.2 cm³/mol. The highest BCUT2D eigenvalue weighted by atomic mass is 32.2. The number of hydrogen-bond acceptors (Lipinski definition) is 4. The van der Waals surface area contributed by atoms with E-state index >= 15 is 0 Å². The molecule has 0 bridgehead atoms. The molecule has 132 valence electrons. The van der Waals surface area contributed by atoms with Crippen molar-refractivity contribution in [1.29, 1.82) is 0 Å². The first-order valence-electron chi connectivity index (χ1n) is 7.77. The molecule has 3 heterocycles. The summed E-state index contributed by atoms with van der Waals surface area (Å²) in [6.45, 7) is 0. The summed E-state index contributed by atoms with van der Waals surface area (Å²) in [6.07, 6.45) is 3.81. The van der Waals surface area contributed by atoms with Gasteiger partial charge in [-0.1, -0.05) is 24.3 Å². The molecule has 0 aliphatic heterocycles. The highest BCUT2D eigenvalue weighted by molar-refractivity contribution is 7.89. The highest BCUT2D eigenvalue weighted by Crippen LogP contribution is 2.34. The summed E-state index contributed by atoms with van der Waals surface area (Å²) < 4.78 is 37.5. The Bertz CT molecular complexity index is 1310. The van der Waals surface area contributed by atoms with Crippen LogP contribution in [0, 0.1) is 5.82 Å². The van der Waals surface area contributed by atoms with Crippen LogP contribution in [0.5, 0.6) is 0 Å². The maximum absolute atomic E-state index is 14.6. The fourth-order valence-corrected chi connectivity index (χ4v) is 3.91. The molecule has 0 amide bonds. The minimum atomic E-state index is -3.15. The lowest BCUT2D eigenvalue weighted by atomic mass is 10.0. The van der Waals surface area contributed by atoms with Crippen LogP contribution in [-0.4, -0.2) is 29.6 Å². The molecule has 0 fully saturated rings. The molecule has 26 heavy (non-hydrogen) atoms. The van der Waals surface area contributed by atoms with Gasteiger partial charge in [-0.15, -0.1) is 0 Å². The number of sulfone groups is 1. The molecule has 0 atom stereocenters. The number of aromatic nitrogens is 3. The van der Waals surface area contributed by atoms with Crippen molar-refractivity contribution >= 4 is 31.8 Å². The van der Waals surface area contributed by atoms with Gasteiger partial charge in [-0.3, -0.25) is 4.79 Å². The lowest BCUT2D eigenvalue weighted by molar-refractivity contribution is 0.601. The molecule has 8 heteroatoms. The molecule has 4 rings (SSSR count). The van der Waals surface area contributed by atoms with Crippen molar-refractivity contribution in [1.82, 2.24) is 15.0 Å². The van der Waals surface area contributed by atoms with Crippen LogP contribution in [-0.2, 0) is 15.6 Å². The Morgan fingerprint density at radius 1 is 1.19 bits per heavy atom. The van der Waals surface area contributed by atoms with Gasteiger partial charge in [0, 0.05) is 34.9 Å². The van der Waals surface area contributed by atoms with Crippen molar-refractivity contribution in [2.24, 2.45) is 0 Å². The van der Waals surface area contributed by atoms with Crippen LogP contribution < -0.4 is 5.56 Å². The molecule has 1 aromatic carbocycles. The zero-order valence-electron chi connectivity index (χ0n) is 13.7. The largest absolute Gasteiger partial charge is 0.338 e. The Balaban J connectivity index is 1.96. The van der Waals surface area contributed by atoms with E-state index in [9.17, 15) is 17.6 Å². The number of nitrogens with one attached hydrogen (secondary N) is 2. The topological polar surface area (TPSA) is 95.7 Å². The van der Waals surface area contributed by atoms with Crippen molar-refractivity contribution in [3.05, 3.63) is 64.5 Å². The summed E-state index contributed by atoms with van der Waals surface area (Å²) in [6, 6.07) is 8.05. The van der Waals surface area contributed by atoms with E-state index in [1.54, 1.807) is 24.3 Å². The summed E-state index contributed by atoms with van der Waals surface area (Å²) in [4.78, 5) is 21.4. The monoisotopic (exact) mass is 371 g/mol. The van der Waals surface area contributed by atoms with Crippen LogP contribution in [0.3, 0.4) is 0 Å². The molecule has 0 radical (unpaired) electrons. The van der Waals surface area contributed by atoms with Gasteiger partial charge in [-0.2, -0.15) is 0 Å². The van der Waals surface area contributed by atoms with Crippen LogP contribution in [0.4, 0.5) is 4.39 Å². The second-order valence-corrected chi connectivity index (χ2v) is 8.36. The molecular formula is C18H14FN3O3S. The average molecular weight is 371 g/mol. The molecule has 4 aromatic rings. The number of pyridine rings is 2. The third-order valence-corrected chi connectivity index (χ3v) is 5.01. The molecule has 0 aliphatic carbocycles. The van der Waals surface area contributed by atoms with Crippen LogP contribution in [0.2, 0.25) is 0 Å². The average Bonchev–Trinajstić information content (AvgIpc) is 2.92. The van der Waals surface area contributed by atoms with E-state index in [0.717, 1.165) is 12.5 Å². The van der Waals surface area contributed by atoms with Gasteiger partial charge in [-0.25, -0.2) is 17.8 Å². The number of halogens is 1. The van der Waals surface area contributed by atoms with Gasteiger partial charge in [0.25, 0.3) is 0 Å². The van der Waals surface area contributed by atoms with E-state index in [0.29, 0.717) is 38.6 Å². The van der Waals surface area contributed by atoms with Crippen molar-refractivity contribution in [2.75, 3.05) is 6.26 Å². The van der Waals surface area contributed by atoms with Crippen LogP contribution in [0.1, 0.15) is 5.56 Å². The van der Waals surface area contributed by atoms with Crippen molar-refractivity contribution in [3.63, 3.8) is 0 Å². The third kappa shape index (κ3) is 2.88. The maximum atomic E-state index is 14.6. The molecule has 2 N–H and O–H groups in total. The van der Waals surface area contributed by atoms with Crippen LogP contribution >= 0.6 is 0 Å². The number of rotatable bonds is 3. The molecule has 6 nitrogen and oxygen atoms in total. The normalized spacial score (nSPS) is 12.1. The number of benzene rings is 1. The smallest absolute Gasteiger partial charge is 0.248 e. The number of nitrogens with zero attached hydrogens (tertiary/aromatic N) is 1. The number of aromatic amines is 2. The Kier molecular flexibility index (Phi) is 3.66. The first-order valence-corrected chi connectivity index (χ1v) is 9.83. The zero-order chi connectivity index (χ0) is 18.5. The quantitative estimate of drug-likeness (QED) is 0.579. The Hall–Kier alpha value is -3.00. The summed E-state index contributed by atoms with van der Waals surface area (Å²) in [5, 5.41) is 1.09. The lowest BCUT2D eigenvalue weighted by Crippen LogP contribution is -2.01. The fourth-order valence-electron chi connectivity index (χ4n) is 3.11. The summed E-state index contributed by atoms with van der Waals surface area (Å²) in [5.74, 6) is -0.598. The minimum absolute atomic E-state index is 0.0794. The zero-order valence-corrected chi connectivity index (χ0v) is 14.5. The van der Waals surface area contributed by atoms with E-state index in [1.807, 2.05) is 0 Å². The van der Waals surface area contributed by atoms with Gasteiger partial charge in [0.15, 0.2) is 9.84 Å². The van der Waals surface area contributed by atoms with Gasteiger partial charge in [0.05, 0.1) is 17.5 Å². The van der Waals surface area contributed by atoms with Crippen LogP contribution in [0.25, 0.3) is 33.1 Å². The maximum Gasteiger partial charge on any atom is 0.248 e. The van der Waals surface area contributed by atoms with E-state index in [4.69, 9.17) is 0 Å². The molecule has 0 saturated heterocycles. The Morgan fingerprint density at radius 3 is 2.62 bits per heavy atom. The minimum Gasteiger partial charge on any atom is -0.338 e. The van der Waals surface area contributed by atoms with Gasteiger partial charge in [0.2, 0.25) is 5.56 Å². The molecule has 0 spiro atoms. The van der Waals surface area contributed by atoms with Gasteiger partial charge in [-0.05, 0) is 11.1 Å². The number of hydrogen-bond donors (Lipinski definition) is 2. The molecule has 0 saturated carbocycles. The van der Waals surface area contributed by atoms with Gasteiger partial charge < -0.3 is 9.97 Å². The van der Waals surface area contributed by atoms with Gasteiger partial charge >= 0.3 is 0 Å². The van der Waals surface area contributed by atoms with Crippen molar-refractivity contribution in [2.45, 2.75) is 5.75 Å². The summed E-state index contributed by atoms with van der Waals surface area (Å²) in [7, 11) is -3.15. The Morgan fingerprint density at radius 2 is 1.92 bits per heavy atom. The van der Waals surface area contributed by atoms with Crippen molar-refractivity contribution in [3.8, 4) is 11.1 Å². The van der Waals surface area contributed by atoms with Gasteiger partial charge in [0.1, 0.15) is 11.5 Å². The molecular weight excluding hydrogens is 357 g/mol. The molecule has 0 aliphatic rings. The first-order chi connectivity index (χ1) is 12.3. The van der Waals surface area contributed by atoms with E-state index in [2.05, 4.69) is 15.0 Å². The Labute approximate surface area is 147 Å². The van der Waals surface area contributed by atoms with E-state index < -0.39 is 15.7 Å². The summed E-state index contributed by atoms with van der Waals surface area (Å²) >= 11 is 0. The SMILES string of the molecule is CS(=O)(=O)Cc1ccc(-c2c(F)cnc3[nH]c4c[nH]c(=O)cc4c23)cc1. The number of H-pyrrole nitrogens is 2.